The van der Waals surface area contributed by atoms with E-state index < -0.39 is 58.9 Å². The molecule has 0 aromatic heterocycles. The van der Waals surface area contributed by atoms with Crippen molar-refractivity contribution in [2.24, 2.45) is 29.6 Å². The number of rotatable bonds is 4. The fourth-order valence-electron chi connectivity index (χ4n) is 9.70. The summed E-state index contributed by atoms with van der Waals surface area (Å²) in [5, 5.41) is 40.5. The Labute approximate surface area is 384 Å². The molecule has 5 bridgehead atoms. The molecular weight excluding hydrogens is 849 g/mol. The number of piperidine rings is 1. The molecule has 5 heterocycles. The summed E-state index contributed by atoms with van der Waals surface area (Å²) in [4.78, 5) is 63.1. The number of phenolic OH excluding ortho intramolecular Hbond substituents is 2. The number of allylic oxidation sites excluding steroid dienone is 2. The van der Waals surface area contributed by atoms with Gasteiger partial charge in [0.15, 0.2) is 11.3 Å². The van der Waals surface area contributed by atoms with Crippen LogP contribution in [0.15, 0.2) is 57.5 Å². The number of aromatic nitrogens is 1. The zero-order chi connectivity index (χ0) is 48.1. The minimum Gasteiger partial charge on any atom is -0.507 e. The molecule has 66 heavy (non-hydrogen) atoms. The van der Waals surface area contributed by atoms with Gasteiger partial charge in [0, 0.05) is 86.3 Å². The summed E-state index contributed by atoms with van der Waals surface area (Å²) < 4.78 is 30.7. The summed E-state index contributed by atoms with van der Waals surface area (Å²) in [5.41, 5.74) is -0.445. The molecule has 16 heteroatoms. The summed E-state index contributed by atoms with van der Waals surface area (Å²) >= 11 is 0. The molecule has 1 amide bonds. The molecule has 354 valence electrons. The maximum absolute atomic E-state index is 14.9. The fourth-order valence-corrected chi connectivity index (χ4v) is 9.70. The SMILES string of the molecule is CNC1CCN(c2cc(O)c3nc4c5c6c7c(C)c(O)c5c(=O)c(c-4oc3c2)NC(=O)/C(C)=C\C=C\[C@H](C)[C@H](O)[C@@H](C)[C@@H](C)[C@@H](C)[C@H](OC(C)=O)[C@H](C)[C@@H](OC)/C=C/O[C@@](C)(O7)C6=O)CC1. The van der Waals surface area contributed by atoms with Gasteiger partial charge in [0.2, 0.25) is 5.43 Å². The van der Waals surface area contributed by atoms with Gasteiger partial charge in [0.25, 0.3) is 11.7 Å². The number of Topliss-reactive ketones (excluding diaryl/α,β-unsaturated/α-hetero) is 1. The first kappa shape index (κ1) is 48.0. The summed E-state index contributed by atoms with van der Waals surface area (Å²) in [5.74, 6) is -6.46. The van der Waals surface area contributed by atoms with Crippen LogP contribution in [0.5, 0.6) is 17.2 Å². The van der Waals surface area contributed by atoms with E-state index in [1.165, 1.54) is 34.1 Å². The van der Waals surface area contributed by atoms with E-state index in [1.54, 1.807) is 43.4 Å². The average molecular weight is 911 g/mol. The molecule has 0 spiro atoms. The Bertz CT molecular complexity index is 2680. The minimum atomic E-state index is -2.04. The molecule has 5 N–H and O–H groups in total. The van der Waals surface area contributed by atoms with Crippen LogP contribution in [0, 0.1) is 36.5 Å². The van der Waals surface area contributed by atoms with Crippen molar-refractivity contribution in [3.8, 4) is 28.7 Å². The van der Waals surface area contributed by atoms with Gasteiger partial charge in [0.1, 0.15) is 40.3 Å². The van der Waals surface area contributed by atoms with Crippen molar-refractivity contribution >= 4 is 50.9 Å². The van der Waals surface area contributed by atoms with Crippen LogP contribution in [0.25, 0.3) is 33.3 Å². The van der Waals surface area contributed by atoms with Crippen molar-refractivity contribution in [2.75, 3.05) is 37.5 Å². The van der Waals surface area contributed by atoms with Crippen LogP contribution in [-0.2, 0) is 23.8 Å². The number of ether oxygens (including phenoxy) is 4. The van der Waals surface area contributed by atoms with E-state index in [-0.39, 0.29) is 90.9 Å². The van der Waals surface area contributed by atoms with E-state index in [2.05, 4.69) is 15.5 Å². The number of esters is 1. The molecule has 1 aliphatic carbocycles. The molecule has 1 saturated heterocycles. The number of carbonyl (C=O) groups excluding carboxylic acids is 3. The lowest BCUT2D eigenvalue weighted by Crippen LogP contribution is -2.43. The number of nitrogens with one attached hydrogen (secondary N) is 2. The third kappa shape index (κ3) is 8.61. The summed E-state index contributed by atoms with van der Waals surface area (Å²) in [6.45, 7) is 16.8. The third-order valence-electron chi connectivity index (χ3n) is 14.3. The zero-order valence-corrected chi connectivity index (χ0v) is 39.5. The van der Waals surface area contributed by atoms with Crippen LogP contribution in [-0.4, -0.2) is 95.4 Å². The lowest BCUT2D eigenvalue weighted by Gasteiger charge is -2.39. The van der Waals surface area contributed by atoms with Crippen LogP contribution in [0.1, 0.15) is 84.2 Å². The average Bonchev–Trinajstić information content (AvgIpc) is 3.56. The number of amides is 1. The van der Waals surface area contributed by atoms with Gasteiger partial charge < -0.3 is 54.2 Å². The molecule has 5 aliphatic heterocycles. The van der Waals surface area contributed by atoms with Gasteiger partial charge in [-0.05, 0) is 57.6 Å². The van der Waals surface area contributed by atoms with Gasteiger partial charge >= 0.3 is 11.8 Å². The summed E-state index contributed by atoms with van der Waals surface area (Å²) in [6.07, 6.45) is 7.38. The van der Waals surface area contributed by atoms with Gasteiger partial charge in [-0.25, -0.2) is 4.98 Å². The van der Waals surface area contributed by atoms with Crippen LogP contribution in [0.2, 0.25) is 0 Å². The molecule has 2 aromatic rings. The molecule has 8 rings (SSSR count). The first-order chi connectivity index (χ1) is 31.2. The number of aromatic hydroxyl groups is 2. The largest absolute Gasteiger partial charge is 0.507 e. The number of aliphatic hydroxyl groups excluding tert-OH is 1. The topological polar surface area (TPSA) is 219 Å². The van der Waals surface area contributed by atoms with E-state index in [1.807, 2.05) is 41.7 Å². The number of anilines is 2. The standard InChI is InChI=1S/C50H62N4O12/c1-23-13-12-14-24(2)49(61)53-41-44(59)37-36(40-47(41)65-35-22-32(21-33(56)39(35)52-40)54-18-15-31(51-10)16-19-54)38-46(29(7)43(37)58)66-50(9,48(38)60)63-20-17-34(62-11)28(6)45(64-30(8)55)27(5)25(3)26(4)42(23)57/h12-14,17,20-23,25-28,31,34,42,45,51,56-58H,15-16,18-19H2,1-11H3,(H,53,61)/b13-12+,20-17+,24-14-/t23-,25+,26-,27+,28+,34-,42-,45-,50-/m0/s1. The van der Waals surface area contributed by atoms with E-state index in [0.29, 0.717) is 24.8 Å². The molecule has 0 saturated carbocycles. The maximum Gasteiger partial charge on any atom is 0.312 e. The molecule has 0 radical (unpaired) electrons. The molecule has 16 nitrogen and oxygen atoms in total. The van der Waals surface area contributed by atoms with E-state index in [0.717, 1.165) is 12.8 Å². The van der Waals surface area contributed by atoms with Crippen molar-refractivity contribution in [3.63, 3.8) is 0 Å². The minimum absolute atomic E-state index is 0.00574. The molecule has 9 atom stereocenters. The second-order valence-corrected chi connectivity index (χ2v) is 18.5. The number of nitrogens with zero attached hydrogens (tertiary/aromatic N) is 2. The van der Waals surface area contributed by atoms with Crippen LogP contribution in [0.4, 0.5) is 11.4 Å². The predicted molar refractivity (Wildman–Crippen MR) is 250 cm³/mol. The number of hydrogen-bond acceptors (Lipinski definition) is 15. The normalized spacial score (nSPS) is 29.9. The Morgan fingerprint density at radius 3 is 2.33 bits per heavy atom. The lowest BCUT2D eigenvalue weighted by molar-refractivity contribution is -0.157. The van der Waals surface area contributed by atoms with Gasteiger partial charge in [-0.15, -0.1) is 0 Å². The fraction of sp³-hybridized carbons (Fsp3) is 0.500. The monoisotopic (exact) mass is 910 g/mol. The van der Waals surface area contributed by atoms with E-state index in [4.69, 9.17) is 28.3 Å². The first-order valence-corrected chi connectivity index (χ1v) is 22.6. The van der Waals surface area contributed by atoms with Crippen molar-refractivity contribution in [1.29, 1.82) is 0 Å². The Hall–Kier alpha value is -5.97. The van der Waals surface area contributed by atoms with E-state index in [9.17, 15) is 34.5 Å². The first-order valence-electron chi connectivity index (χ1n) is 22.6. The zero-order valence-electron chi connectivity index (χ0n) is 39.5. The molecule has 2 aromatic carbocycles. The molecule has 1 fully saturated rings. The number of methoxy groups -OCH3 is 1. The molecule has 6 aliphatic rings. The number of ketones is 1. The van der Waals surface area contributed by atoms with Crippen molar-refractivity contribution < 1.29 is 53.1 Å². The van der Waals surface area contributed by atoms with Gasteiger partial charge in [-0.2, -0.15) is 0 Å². The maximum atomic E-state index is 14.9. The Kier molecular flexibility index (Phi) is 13.6. The van der Waals surface area contributed by atoms with Gasteiger partial charge in [0.05, 0.1) is 29.4 Å². The Morgan fingerprint density at radius 2 is 1.68 bits per heavy atom. The predicted octanol–water partition coefficient (Wildman–Crippen LogP) is 7.12. The van der Waals surface area contributed by atoms with Gasteiger partial charge in [-0.3, -0.25) is 19.2 Å². The van der Waals surface area contributed by atoms with Crippen molar-refractivity contribution in [3.05, 3.63) is 69.6 Å². The highest BCUT2D eigenvalue weighted by Crippen LogP contribution is 2.51. The second-order valence-electron chi connectivity index (χ2n) is 18.5. The van der Waals surface area contributed by atoms with Crippen LogP contribution < -0.4 is 25.7 Å². The number of benzene rings is 3. The lowest BCUT2D eigenvalue weighted by atomic mass is 9.73. The van der Waals surface area contributed by atoms with Crippen molar-refractivity contribution in [1.82, 2.24) is 10.3 Å². The molecule has 0 unspecified atom stereocenters. The second kappa shape index (κ2) is 18.7. The van der Waals surface area contributed by atoms with Gasteiger partial charge in [-0.1, -0.05) is 52.8 Å². The smallest absolute Gasteiger partial charge is 0.312 e. The summed E-state index contributed by atoms with van der Waals surface area (Å²) in [7, 11) is 3.42. The van der Waals surface area contributed by atoms with Crippen LogP contribution >= 0.6 is 0 Å². The highest BCUT2D eigenvalue weighted by molar-refractivity contribution is 6.22. The summed E-state index contributed by atoms with van der Waals surface area (Å²) in [6, 6.07) is 3.64. The van der Waals surface area contributed by atoms with E-state index >= 15 is 0 Å². The number of aliphatic hydroxyl groups is 1. The van der Waals surface area contributed by atoms with Crippen molar-refractivity contribution in [2.45, 2.75) is 105 Å². The molecular formula is C50H62N4O12. The number of hydrogen-bond donors (Lipinski definition) is 5. The highest BCUT2D eigenvalue weighted by Gasteiger charge is 2.50. The third-order valence-corrected chi connectivity index (χ3v) is 14.3. The highest BCUT2D eigenvalue weighted by atomic mass is 16.7. The Morgan fingerprint density at radius 1 is 0.985 bits per heavy atom. The number of carbonyl (C=O) groups is 3. The Balaban J connectivity index is 1.44. The number of phenols is 2. The van der Waals surface area contributed by atoms with Crippen LogP contribution in [0.3, 0.4) is 0 Å². The quantitative estimate of drug-likeness (QED) is 0.0782. The number of fused-ring (bicyclic) bond motifs is 14.